The molecule has 0 aliphatic carbocycles. The summed E-state index contributed by atoms with van der Waals surface area (Å²) in [6.45, 7) is 4.75. The number of hydrogen-bond acceptors (Lipinski definition) is 4. The molecule has 0 radical (unpaired) electrons. The Morgan fingerprint density at radius 1 is 1.13 bits per heavy atom. The molecule has 0 fully saturated rings. The van der Waals surface area contributed by atoms with Crippen molar-refractivity contribution in [3.63, 3.8) is 0 Å². The summed E-state index contributed by atoms with van der Waals surface area (Å²) in [6, 6.07) is 4.15. The summed E-state index contributed by atoms with van der Waals surface area (Å²) in [5.74, 6) is -3.49. The van der Waals surface area contributed by atoms with Gasteiger partial charge in [0.05, 0.1) is 34.8 Å². The lowest BCUT2D eigenvalue weighted by Crippen LogP contribution is -2.51. The standard InChI is InChI=1S/C20H21F5N2O3S/c1-18(2,3)31(29)27-19(11-16(28)30-4,17-14(21)6-5-9-26-17)12-7-8-13(15(22)10-12)20(23,24)25/h5-10,27H,11H2,1-4H3. The van der Waals surface area contributed by atoms with Crippen molar-refractivity contribution in [2.75, 3.05) is 7.11 Å². The van der Waals surface area contributed by atoms with Crippen molar-refractivity contribution in [2.24, 2.45) is 0 Å². The Morgan fingerprint density at radius 2 is 1.77 bits per heavy atom. The van der Waals surface area contributed by atoms with Gasteiger partial charge >= 0.3 is 12.1 Å². The van der Waals surface area contributed by atoms with Crippen molar-refractivity contribution in [2.45, 2.75) is 43.7 Å². The molecule has 0 bridgehead atoms. The molecule has 1 aromatic heterocycles. The van der Waals surface area contributed by atoms with E-state index in [2.05, 4.69) is 14.4 Å². The molecule has 1 aromatic carbocycles. The van der Waals surface area contributed by atoms with Crippen molar-refractivity contribution in [1.29, 1.82) is 0 Å². The SMILES string of the molecule is COC(=O)CC(NS(=O)C(C)(C)C)(c1ccc(C(F)(F)F)c(F)c1)c1ncccc1F. The number of halogens is 5. The minimum Gasteiger partial charge on any atom is -0.469 e. The molecular weight excluding hydrogens is 443 g/mol. The zero-order chi connectivity index (χ0) is 23.6. The van der Waals surface area contributed by atoms with Crippen molar-refractivity contribution < 1.29 is 35.7 Å². The van der Waals surface area contributed by atoms with Gasteiger partial charge in [0.15, 0.2) is 0 Å². The lowest BCUT2D eigenvalue weighted by Gasteiger charge is -2.36. The molecule has 0 aliphatic heterocycles. The van der Waals surface area contributed by atoms with E-state index >= 15 is 0 Å². The van der Waals surface area contributed by atoms with Gasteiger partial charge in [0.1, 0.15) is 22.9 Å². The van der Waals surface area contributed by atoms with Crippen LogP contribution in [0.2, 0.25) is 0 Å². The Kier molecular flexibility index (Phi) is 7.21. The van der Waals surface area contributed by atoms with E-state index < -0.39 is 62.7 Å². The van der Waals surface area contributed by atoms with Gasteiger partial charge in [-0.2, -0.15) is 13.2 Å². The number of carbonyl (C=O) groups excluding carboxylic acids is 1. The van der Waals surface area contributed by atoms with Gasteiger partial charge in [-0.1, -0.05) is 6.07 Å². The van der Waals surface area contributed by atoms with E-state index in [1.165, 1.54) is 12.3 Å². The number of nitrogens with zero attached hydrogens (tertiary/aromatic N) is 1. The fraction of sp³-hybridized carbons (Fsp3) is 0.400. The molecule has 1 heterocycles. The largest absolute Gasteiger partial charge is 0.469 e. The van der Waals surface area contributed by atoms with Crippen LogP contribution < -0.4 is 4.72 Å². The van der Waals surface area contributed by atoms with Crippen LogP contribution in [0.15, 0.2) is 36.5 Å². The number of nitrogens with one attached hydrogen (secondary N) is 1. The van der Waals surface area contributed by atoms with Gasteiger partial charge in [-0.25, -0.2) is 17.7 Å². The van der Waals surface area contributed by atoms with Gasteiger partial charge < -0.3 is 4.74 Å². The highest BCUT2D eigenvalue weighted by molar-refractivity contribution is 7.84. The Hall–Kier alpha value is -2.40. The van der Waals surface area contributed by atoms with Crippen LogP contribution in [0, 0.1) is 11.6 Å². The molecule has 0 saturated carbocycles. The first-order valence-corrected chi connectivity index (χ1v) is 10.1. The number of rotatable bonds is 6. The third-order valence-electron chi connectivity index (χ3n) is 4.39. The lowest BCUT2D eigenvalue weighted by atomic mass is 9.83. The summed E-state index contributed by atoms with van der Waals surface area (Å²) in [5.41, 5.74) is -4.35. The molecule has 11 heteroatoms. The van der Waals surface area contributed by atoms with Crippen molar-refractivity contribution >= 4 is 17.0 Å². The van der Waals surface area contributed by atoms with Gasteiger partial charge in [0.2, 0.25) is 0 Å². The summed E-state index contributed by atoms with van der Waals surface area (Å²) in [4.78, 5) is 16.2. The quantitative estimate of drug-likeness (QED) is 0.513. The van der Waals surface area contributed by atoms with Crippen LogP contribution in [0.3, 0.4) is 0 Å². The van der Waals surface area contributed by atoms with Gasteiger partial charge in [-0.3, -0.25) is 9.78 Å². The number of alkyl halides is 3. The maximum Gasteiger partial charge on any atom is 0.419 e. The van der Waals surface area contributed by atoms with Crippen LogP contribution in [0.1, 0.15) is 44.0 Å². The van der Waals surface area contributed by atoms with Gasteiger partial charge in [-0.15, -0.1) is 0 Å². The molecule has 31 heavy (non-hydrogen) atoms. The predicted molar refractivity (Wildman–Crippen MR) is 104 cm³/mol. The molecule has 0 aliphatic rings. The molecule has 170 valence electrons. The number of carbonyl (C=O) groups is 1. The molecule has 2 rings (SSSR count). The second kappa shape index (κ2) is 8.99. The Bertz CT molecular complexity index is 992. The zero-order valence-electron chi connectivity index (χ0n) is 17.1. The Morgan fingerprint density at radius 3 is 2.26 bits per heavy atom. The van der Waals surface area contributed by atoms with Gasteiger partial charge in [-0.05, 0) is 50.6 Å². The summed E-state index contributed by atoms with van der Waals surface area (Å²) in [5, 5.41) is 0. The summed E-state index contributed by atoms with van der Waals surface area (Å²) in [7, 11) is -0.921. The lowest BCUT2D eigenvalue weighted by molar-refractivity contribution is -0.142. The molecule has 0 spiro atoms. The average Bonchev–Trinajstić information content (AvgIpc) is 2.65. The van der Waals surface area contributed by atoms with Crippen molar-refractivity contribution in [1.82, 2.24) is 9.71 Å². The first-order valence-electron chi connectivity index (χ1n) is 8.97. The Labute approximate surface area is 178 Å². The number of benzene rings is 1. The van der Waals surface area contributed by atoms with Crippen LogP contribution in [-0.4, -0.2) is 27.0 Å². The topological polar surface area (TPSA) is 68.3 Å². The number of methoxy groups -OCH3 is 1. The van der Waals surface area contributed by atoms with E-state index in [4.69, 9.17) is 0 Å². The van der Waals surface area contributed by atoms with Crippen molar-refractivity contribution in [3.8, 4) is 0 Å². The van der Waals surface area contributed by atoms with E-state index in [0.717, 1.165) is 19.2 Å². The monoisotopic (exact) mass is 464 g/mol. The van der Waals surface area contributed by atoms with Crippen LogP contribution >= 0.6 is 0 Å². The van der Waals surface area contributed by atoms with Gasteiger partial charge in [0, 0.05) is 6.20 Å². The molecule has 2 aromatic rings. The maximum absolute atomic E-state index is 14.8. The predicted octanol–water partition coefficient (Wildman–Crippen LogP) is 4.24. The molecular formula is C20H21F5N2O3S. The molecule has 5 nitrogen and oxygen atoms in total. The smallest absolute Gasteiger partial charge is 0.419 e. The molecule has 0 amide bonds. The van der Waals surface area contributed by atoms with Gasteiger partial charge in [0.25, 0.3) is 0 Å². The van der Waals surface area contributed by atoms with Crippen LogP contribution in [0.25, 0.3) is 0 Å². The maximum atomic E-state index is 14.8. The molecule has 0 saturated heterocycles. The normalized spacial score (nSPS) is 15.3. The number of esters is 1. The highest BCUT2D eigenvalue weighted by atomic mass is 32.2. The third kappa shape index (κ3) is 5.45. The van der Waals surface area contributed by atoms with E-state index in [1.807, 2.05) is 0 Å². The second-order valence-electron chi connectivity index (χ2n) is 7.67. The molecule has 1 N–H and O–H groups in total. The highest BCUT2D eigenvalue weighted by Gasteiger charge is 2.45. The summed E-state index contributed by atoms with van der Waals surface area (Å²) < 4.78 is 87.7. The minimum atomic E-state index is -4.97. The fourth-order valence-corrected chi connectivity index (χ4v) is 3.69. The number of pyridine rings is 1. The highest BCUT2D eigenvalue weighted by Crippen LogP contribution is 2.38. The number of ether oxygens (including phenoxy) is 1. The van der Waals surface area contributed by atoms with E-state index in [0.29, 0.717) is 12.1 Å². The minimum absolute atomic E-state index is 0.279. The molecule has 2 atom stereocenters. The average molecular weight is 464 g/mol. The van der Waals surface area contributed by atoms with E-state index in [9.17, 15) is 31.0 Å². The second-order valence-corrected chi connectivity index (χ2v) is 9.63. The first kappa shape index (κ1) is 24.9. The van der Waals surface area contributed by atoms with Crippen LogP contribution in [0.4, 0.5) is 22.0 Å². The van der Waals surface area contributed by atoms with E-state index in [1.54, 1.807) is 20.8 Å². The fourth-order valence-electron chi connectivity index (χ4n) is 2.78. The van der Waals surface area contributed by atoms with Crippen LogP contribution in [0.5, 0.6) is 0 Å². The summed E-state index contributed by atoms with van der Waals surface area (Å²) in [6.07, 6.45) is -4.50. The molecule has 2 unspecified atom stereocenters. The zero-order valence-corrected chi connectivity index (χ0v) is 18.0. The Balaban J connectivity index is 2.85. The summed E-state index contributed by atoms with van der Waals surface area (Å²) >= 11 is 0. The number of aromatic nitrogens is 1. The van der Waals surface area contributed by atoms with Crippen LogP contribution in [-0.2, 0) is 32.2 Å². The third-order valence-corrected chi connectivity index (χ3v) is 6.04. The van der Waals surface area contributed by atoms with E-state index in [-0.39, 0.29) is 5.56 Å². The number of hydrogen-bond donors (Lipinski definition) is 1. The first-order chi connectivity index (χ1) is 14.2. The van der Waals surface area contributed by atoms with Crippen molar-refractivity contribution in [3.05, 3.63) is 65.0 Å².